The second kappa shape index (κ2) is 4.24. The largest absolute Gasteiger partial charge is 0.261 e. The van der Waals surface area contributed by atoms with E-state index in [1.54, 1.807) is 0 Å². The maximum Gasteiger partial charge on any atom is 0.0437 e. The summed E-state index contributed by atoms with van der Waals surface area (Å²) in [5.74, 6) is 0.699. The van der Waals surface area contributed by atoms with E-state index in [2.05, 4.69) is 31.8 Å². The van der Waals surface area contributed by atoms with Gasteiger partial charge in [0.2, 0.25) is 0 Å². The highest BCUT2D eigenvalue weighted by atomic mass is 14.7. The van der Waals surface area contributed by atoms with Crippen molar-refractivity contribution in [1.29, 1.82) is 0 Å². The van der Waals surface area contributed by atoms with Crippen LogP contribution in [0.25, 0.3) is 0 Å². The zero-order chi connectivity index (χ0) is 8.97. The first-order valence-electron chi connectivity index (χ1n) is 4.66. The molecule has 1 heterocycles. The lowest BCUT2D eigenvalue weighted by Crippen LogP contribution is -2.01. The van der Waals surface area contributed by atoms with Crippen molar-refractivity contribution >= 4 is 0 Å². The third-order valence-corrected chi connectivity index (χ3v) is 1.97. The Labute approximate surface area is 74.8 Å². The molecule has 12 heavy (non-hydrogen) atoms. The highest BCUT2D eigenvalue weighted by Gasteiger charge is 2.02. The molecule has 0 N–H and O–H groups in total. The van der Waals surface area contributed by atoms with Crippen LogP contribution in [0.1, 0.15) is 32.0 Å². The molecule has 0 saturated carbocycles. The zero-order valence-electron chi connectivity index (χ0n) is 8.17. The van der Waals surface area contributed by atoms with Gasteiger partial charge in [-0.05, 0) is 30.4 Å². The van der Waals surface area contributed by atoms with Gasteiger partial charge in [0.05, 0.1) is 0 Å². The van der Waals surface area contributed by atoms with E-state index in [1.807, 2.05) is 12.3 Å². The molecular formula is C11H17N. The van der Waals surface area contributed by atoms with Gasteiger partial charge in [-0.1, -0.05) is 26.8 Å². The number of aromatic nitrogens is 1. The lowest BCUT2D eigenvalue weighted by Gasteiger charge is -2.07. The van der Waals surface area contributed by atoms with Crippen molar-refractivity contribution in [1.82, 2.24) is 4.98 Å². The molecule has 0 bridgehead atoms. The number of rotatable bonds is 3. The number of nitrogens with zero attached hydrogens (tertiary/aromatic N) is 1. The molecule has 66 valence electrons. The van der Waals surface area contributed by atoms with Gasteiger partial charge < -0.3 is 0 Å². The van der Waals surface area contributed by atoms with Crippen molar-refractivity contribution < 1.29 is 0 Å². The normalized spacial score (nSPS) is 10.7. The van der Waals surface area contributed by atoms with E-state index >= 15 is 0 Å². The maximum atomic E-state index is 4.39. The topological polar surface area (TPSA) is 12.9 Å². The van der Waals surface area contributed by atoms with Gasteiger partial charge in [0.15, 0.2) is 0 Å². The van der Waals surface area contributed by atoms with Gasteiger partial charge in [-0.25, -0.2) is 0 Å². The summed E-state index contributed by atoms with van der Waals surface area (Å²) >= 11 is 0. The Kier molecular flexibility index (Phi) is 3.27. The summed E-state index contributed by atoms with van der Waals surface area (Å²) in [5, 5.41) is 0. The minimum atomic E-state index is 0.699. The van der Waals surface area contributed by atoms with E-state index in [0.29, 0.717) is 5.92 Å². The standard InChI is InChI=1S/C11H17N/c1-4-10-6-5-7-12-11(10)8-9(2)3/h5-7,9H,4,8H2,1-3H3. The predicted octanol–water partition coefficient (Wildman–Crippen LogP) is 2.84. The van der Waals surface area contributed by atoms with Crippen molar-refractivity contribution in [2.24, 2.45) is 5.92 Å². The minimum absolute atomic E-state index is 0.699. The van der Waals surface area contributed by atoms with E-state index in [1.165, 1.54) is 11.3 Å². The summed E-state index contributed by atoms with van der Waals surface area (Å²) in [6.45, 7) is 6.64. The van der Waals surface area contributed by atoms with Crippen LogP contribution in [-0.4, -0.2) is 4.98 Å². The van der Waals surface area contributed by atoms with Crippen LogP contribution in [0.5, 0.6) is 0 Å². The fraction of sp³-hybridized carbons (Fsp3) is 0.545. The first-order chi connectivity index (χ1) is 5.74. The van der Waals surface area contributed by atoms with E-state index in [0.717, 1.165) is 12.8 Å². The van der Waals surface area contributed by atoms with Gasteiger partial charge in [0.1, 0.15) is 0 Å². The smallest absolute Gasteiger partial charge is 0.0437 e. The quantitative estimate of drug-likeness (QED) is 0.667. The summed E-state index contributed by atoms with van der Waals surface area (Å²) in [7, 11) is 0. The Morgan fingerprint density at radius 2 is 2.17 bits per heavy atom. The van der Waals surface area contributed by atoms with Crippen molar-refractivity contribution in [3.8, 4) is 0 Å². The third kappa shape index (κ3) is 2.33. The molecule has 0 spiro atoms. The van der Waals surface area contributed by atoms with Gasteiger partial charge in [-0.15, -0.1) is 0 Å². The van der Waals surface area contributed by atoms with Gasteiger partial charge in [-0.2, -0.15) is 0 Å². The van der Waals surface area contributed by atoms with Crippen LogP contribution in [0.2, 0.25) is 0 Å². The Balaban J connectivity index is 2.82. The van der Waals surface area contributed by atoms with Crippen LogP contribution >= 0.6 is 0 Å². The molecule has 1 nitrogen and oxygen atoms in total. The number of pyridine rings is 1. The number of hydrogen-bond acceptors (Lipinski definition) is 1. The number of aryl methyl sites for hydroxylation is 1. The van der Waals surface area contributed by atoms with Crippen molar-refractivity contribution in [2.75, 3.05) is 0 Å². The Hall–Kier alpha value is -0.850. The van der Waals surface area contributed by atoms with Crippen LogP contribution in [0.3, 0.4) is 0 Å². The Morgan fingerprint density at radius 3 is 2.75 bits per heavy atom. The summed E-state index contributed by atoms with van der Waals surface area (Å²) in [6, 6.07) is 4.19. The van der Waals surface area contributed by atoms with Crippen molar-refractivity contribution in [3.05, 3.63) is 29.6 Å². The molecular weight excluding hydrogens is 146 g/mol. The summed E-state index contributed by atoms with van der Waals surface area (Å²) in [5.41, 5.74) is 2.67. The van der Waals surface area contributed by atoms with Crippen LogP contribution in [0.15, 0.2) is 18.3 Å². The maximum absolute atomic E-state index is 4.39. The molecule has 0 saturated heterocycles. The van der Waals surface area contributed by atoms with Crippen LogP contribution in [0.4, 0.5) is 0 Å². The fourth-order valence-corrected chi connectivity index (χ4v) is 1.36. The molecule has 0 aliphatic carbocycles. The van der Waals surface area contributed by atoms with Gasteiger partial charge in [0, 0.05) is 11.9 Å². The monoisotopic (exact) mass is 163 g/mol. The fourth-order valence-electron chi connectivity index (χ4n) is 1.36. The minimum Gasteiger partial charge on any atom is -0.261 e. The molecule has 0 atom stereocenters. The van der Waals surface area contributed by atoms with Gasteiger partial charge in [-0.3, -0.25) is 4.98 Å². The van der Waals surface area contributed by atoms with Crippen molar-refractivity contribution in [3.63, 3.8) is 0 Å². The highest BCUT2D eigenvalue weighted by molar-refractivity contribution is 5.19. The van der Waals surface area contributed by atoms with Crippen LogP contribution < -0.4 is 0 Å². The molecule has 1 heteroatoms. The van der Waals surface area contributed by atoms with E-state index < -0.39 is 0 Å². The second-order valence-corrected chi connectivity index (χ2v) is 3.56. The second-order valence-electron chi connectivity index (χ2n) is 3.56. The molecule has 0 aromatic carbocycles. The molecule has 0 amide bonds. The molecule has 1 aromatic heterocycles. The zero-order valence-corrected chi connectivity index (χ0v) is 8.17. The van der Waals surface area contributed by atoms with E-state index in [9.17, 15) is 0 Å². The number of hydrogen-bond donors (Lipinski definition) is 0. The van der Waals surface area contributed by atoms with Gasteiger partial charge >= 0.3 is 0 Å². The molecule has 1 aromatic rings. The summed E-state index contributed by atoms with van der Waals surface area (Å²) in [6.07, 6.45) is 4.08. The van der Waals surface area contributed by atoms with Crippen LogP contribution in [-0.2, 0) is 12.8 Å². The van der Waals surface area contributed by atoms with Crippen molar-refractivity contribution in [2.45, 2.75) is 33.6 Å². The predicted molar refractivity (Wildman–Crippen MR) is 52.2 cm³/mol. The lowest BCUT2D eigenvalue weighted by molar-refractivity contribution is 0.630. The Morgan fingerprint density at radius 1 is 1.42 bits per heavy atom. The Bertz CT molecular complexity index is 241. The lowest BCUT2D eigenvalue weighted by atomic mass is 10.0. The molecule has 0 fully saturated rings. The molecule has 0 unspecified atom stereocenters. The molecule has 0 aliphatic rings. The van der Waals surface area contributed by atoms with E-state index in [-0.39, 0.29) is 0 Å². The van der Waals surface area contributed by atoms with E-state index in [4.69, 9.17) is 0 Å². The average molecular weight is 163 g/mol. The third-order valence-electron chi connectivity index (χ3n) is 1.97. The van der Waals surface area contributed by atoms with Gasteiger partial charge in [0.25, 0.3) is 0 Å². The van der Waals surface area contributed by atoms with Crippen LogP contribution in [0, 0.1) is 5.92 Å². The molecule has 1 rings (SSSR count). The first kappa shape index (κ1) is 9.24. The molecule has 0 radical (unpaired) electrons. The summed E-state index contributed by atoms with van der Waals surface area (Å²) < 4.78 is 0. The average Bonchev–Trinajstić information content (AvgIpc) is 2.04. The molecule has 0 aliphatic heterocycles. The summed E-state index contributed by atoms with van der Waals surface area (Å²) in [4.78, 5) is 4.39. The SMILES string of the molecule is CCc1cccnc1CC(C)C. The first-order valence-corrected chi connectivity index (χ1v) is 4.66. The highest BCUT2D eigenvalue weighted by Crippen LogP contribution is 2.10.